The smallest absolute Gasteiger partial charge is 0.358 e. The van der Waals surface area contributed by atoms with E-state index in [0.29, 0.717) is 0 Å². The number of rotatable bonds is 5. The molecule has 0 unspecified atom stereocenters. The Hall–Kier alpha value is -2.81. The third-order valence-electron chi connectivity index (χ3n) is 9.61. The average molecular weight is 773 g/mol. The number of benzene rings is 4. The normalized spacial score (nSPS) is 12.0. The molecule has 0 radical (unpaired) electrons. The fourth-order valence-corrected chi connectivity index (χ4v) is 9.51. The minimum atomic E-state index is -1.96. The van der Waals surface area contributed by atoms with Crippen LogP contribution in [0.4, 0.5) is 0 Å². The summed E-state index contributed by atoms with van der Waals surface area (Å²) in [6.45, 7) is 18.6. The maximum absolute atomic E-state index is 2.56. The predicted octanol–water partition coefficient (Wildman–Crippen LogP) is 11.5. The molecule has 0 aliphatic carbocycles. The van der Waals surface area contributed by atoms with E-state index in [0.717, 1.165) is 0 Å². The van der Waals surface area contributed by atoms with Crippen LogP contribution in [-0.2, 0) is 36.7 Å². The summed E-state index contributed by atoms with van der Waals surface area (Å²) in [4.78, 5) is 0. The van der Waals surface area contributed by atoms with E-state index in [2.05, 4.69) is 164 Å². The van der Waals surface area contributed by atoms with Crippen LogP contribution in [0, 0.1) is 14.9 Å². The number of hydrogen-bond donors (Lipinski definition) is 0. The van der Waals surface area contributed by atoms with E-state index in [1.165, 1.54) is 71.3 Å². The zero-order valence-corrected chi connectivity index (χ0v) is 33.7. The van der Waals surface area contributed by atoms with Gasteiger partial charge < -0.3 is 14.9 Å². The first-order valence-corrected chi connectivity index (χ1v) is 18.2. The van der Waals surface area contributed by atoms with Gasteiger partial charge in [-0.05, 0) is 33.1 Å². The van der Waals surface area contributed by atoms with Gasteiger partial charge in [-0.2, -0.15) is 12.1 Å². The minimum absolute atomic E-state index is 0. The van der Waals surface area contributed by atoms with Crippen LogP contribution in [0.1, 0.15) is 59.6 Å². The Morgan fingerprint density at radius 3 is 1.22 bits per heavy atom. The molecular formula is C43H50HfSi. The van der Waals surface area contributed by atoms with Crippen molar-refractivity contribution in [1.82, 2.24) is 0 Å². The Morgan fingerprint density at radius 2 is 0.911 bits per heavy atom. The van der Waals surface area contributed by atoms with Crippen molar-refractivity contribution in [3.05, 3.63) is 135 Å². The van der Waals surface area contributed by atoms with Gasteiger partial charge >= 0.3 is 25.8 Å². The molecule has 0 heterocycles. The largest absolute Gasteiger partial charge is 4.00 e. The SMILES string of the molecule is CC[Si](C)(c1cc2c(-c3ccc(C(C)(C)C)cc3)cccc2[cH-]1)c1cc2c(-c3ccc(C(C)(C)C)cc3)cccc2[cH-]1.[CH3-].[CH3-].[Hf+4]. The van der Waals surface area contributed by atoms with E-state index in [9.17, 15) is 0 Å². The Labute approximate surface area is 293 Å². The molecule has 0 saturated carbocycles. The van der Waals surface area contributed by atoms with Crippen molar-refractivity contribution in [1.29, 1.82) is 0 Å². The topological polar surface area (TPSA) is 0 Å². The van der Waals surface area contributed by atoms with Crippen molar-refractivity contribution in [2.75, 3.05) is 0 Å². The molecule has 45 heavy (non-hydrogen) atoms. The zero-order valence-electron chi connectivity index (χ0n) is 29.1. The molecule has 0 nitrogen and oxygen atoms in total. The summed E-state index contributed by atoms with van der Waals surface area (Å²) in [7, 11) is -1.96. The standard InChI is InChI=1S/C41H44Si.2CH3.Hf/c1-9-42(8,34-24-30-12-10-14-36(38(30)26-34)28-16-20-32(21-17-28)40(2,3)4)35-25-31-13-11-15-37(39(31)27-35)29-18-22-33(23-19-29)41(5,6)7;;;/h10-27H,9H2,1-8H3;2*1H3;/q-2;2*-1;+4. The zero-order chi connectivity index (χ0) is 29.9. The third kappa shape index (κ3) is 6.84. The van der Waals surface area contributed by atoms with E-state index < -0.39 is 8.07 Å². The molecule has 6 aromatic carbocycles. The average Bonchev–Trinajstić information content (AvgIpc) is 3.61. The number of hydrogen-bond acceptors (Lipinski definition) is 0. The van der Waals surface area contributed by atoms with E-state index in [4.69, 9.17) is 0 Å². The molecule has 6 rings (SSSR count). The summed E-state index contributed by atoms with van der Waals surface area (Å²) in [5.74, 6) is 0. The molecule has 0 aliphatic rings. The molecule has 0 fully saturated rings. The first kappa shape index (κ1) is 36.7. The second kappa shape index (κ2) is 13.5. The van der Waals surface area contributed by atoms with Crippen LogP contribution in [0.5, 0.6) is 0 Å². The van der Waals surface area contributed by atoms with Crippen molar-refractivity contribution in [2.24, 2.45) is 0 Å². The molecule has 230 valence electrons. The summed E-state index contributed by atoms with van der Waals surface area (Å²) < 4.78 is 0. The van der Waals surface area contributed by atoms with Crippen molar-refractivity contribution in [3.8, 4) is 22.3 Å². The predicted molar refractivity (Wildman–Crippen MR) is 202 cm³/mol. The van der Waals surface area contributed by atoms with Gasteiger partial charge in [0.1, 0.15) is 0 Å². The van der Waals surface area contributed by atoms with Crippen LogP contribution >= 0.6 is 0 Å². The maximum atomic E-state index is 2.56. The van der Waals surface area contributed by atoms with Gasteiger partial charge in [0.15, 0.2) is 0 Å². The van der Waals surface area contributed by atoms with E-state index in [1.54, 1.807) is 0 Å². The molecule has 0 bridgehead atoms. The summed E-state index contributed by atoms with van der Waals surface area (Å²) in [6, 6.07) is 43.2. The molecule has 6 aromatic rings. The first-order chi connectivity index (χ1) is 19.9. The van der Waals surface area contributed by atoms with E-state index >= 15 is 0 Å². The van der Waals surface area contributed by atoms with Crippen LogP contribution < -0.4 is 10.4 Å². The minimum Gasteiger partial charge on any atom is -0.358 e. The van der Waals surface area contributed by atoms with Crippen molar-refractivity contribution >= 4 is 40.0 Å². The molecular weight excluding hydrogens is 723 g/mol. The van der Waals surface area contributed by atoms with Gasteiger partial charge in [0.2, 0.25) is 0 Å². The molecule has 0 N–H and O–H groups in total. The van der Waals surface area contributed by atoms with Gasteiger partial charge in [0.25, 0.3) is 0 Å². The molecule has 0 saturated heterocycles. The van der Waals surface area contributed by atoms with Crippen LogP contribution in [0.15, 0.2) is 109 Å². The molecule has 0 spiro atoms. The van der Waals surface area contributed by atoms with Gasteiger partial charge in [0, 0.05) is 0 Å². The molecule has 0 atom stereocenters. The van der Waals surface area contributed by atoms with Crippen LogP contribution in [0.25, 0.3) is 43.8 Å². The van der Waals surface area contributed by atoms with Gasteiger partial charge in [0.05, 0.1) is 8.07 Å². The Bertz CT molecular complexity index is 1730. The Morgan fingerprint density at radius 1 is 0.556 bits per heavy atom. The van der Waals surface area contributed by atoms with Gasteiger partial charge in [-0.15, -0.1) is 68.3 Å². The molecule has 0 amide bonds. The van der Waals surface area contributed by atoms with Crippen LogP contribution in [-0.4, -0.2) is 8.07 Å². The maximum Gasteiger partial charge on any atom is 4.00 e. The second-order valence-corrected chi connectivity index (χ2v) is 19.0. The molecule has 0 aromatic heterocycles. The van der Waals surface area contributed by atoms with Gasteiger partial charge in [-0.1, -0.05) is 133 Å². The first-order valence-electron chi connectivity index (χ1n) is 15.5. The summed E-state index contributed by atoms with van der Waals surface area (Å²) in [6.07, 6.45) is 0. The van der Waals surface area contributed by atoms with Crippen molar-refractivity contribution in [2.45, 2.75) is 71.9 Å². The summed E-state index contributed by atoms with van der Waals surface area (Å²) in [5.41, 5.74) is 8.33. The summed E-state index contributed by atoms with van der Waals surface area (Å²) in [5, 5.41) is 8.52. The molecule has 0 aliphatic heterocycles. The van der Waals surface area contributed by atoms with Gasteiger partial charge in [-0.25, -0.2) is 0 Å². The van der Waals surface area contributed by atoms with E-state index in [-0.39, 0.29) is 51.5 Å². The van der Waals surface area contributed by atoms with E-state index in [1.807, 2.05) is 0 Å². The van der Waals surface area contributed by atoms with Crippen molar-refractivity contribution < 1.29 is 25.8 Å². The molecule has 2 heteroatoms. The fourth-order valence-electron chi connectivity index (χ4n) is 6.48. The fraction of sp³-hybridized carbons (Fsp3) is 0.256. The van der Waals surface area contributed by atoms with Crippen LogP contribution in [0.3, 0.4) is 0 Å². The Kier molecular flexibility index (Phi) is 11.0. The quantitative estimate of drug-likeness (QED) is 0.121. The Balaban J connectivity index is 0.00000184. The third-order valence-corrected chi connectivity index (χ3v) is 14.1. The second-order valence-electron chi connectivity index (χ2n) is 14.4. The van der Waals surface area contributed by atoms with Gasteiger partial charge in [-0.3, -0.25) is 0 Å². The van der Waals surface area contributed by atoms with Crippen molar-refractivity contribution in [3.63, 3.8) is 0 Å². The number of fused-ring (bicyclic) bond motifs is 2. The summed E-state index contributed by atoms with van der Waals surface area (Å²) >= 11 is 0. The van der Waals surface area contributed by atoms with Crippen LogP contribution in [0.2, 0.25) is 12.6 Å². The monoisotopic (exact) mass is 774 g/mol.